The van der Waals surface area contributed by atoms with Crippen molar-refractivity contribution in [1.82, 2.24) is 4.90 Å². The maximum Gasteiger partial charge on any atom is 0.231 e. The van der Waals surface area contributed by atoms with E-state index in [1.807, 2.05) is 0 Å². The van der Waals surface area contributed by atoms with Crippen molar-refractivity contribution in [3.05, 3.63) is 0 Å². The molecular formula is C11H20N2O2. The summed E-state index contributed by atoms with van der Waals surface area (Å²) in [5.74, 6) is 0.0106. The predicted molar refractivity (Wildman–Crippen MR) is 58.3 cm³/mol. The molecule has 1 atom stereocenters. The predicted octanol–water partition coefficient (Wildman–Crippen LogP) is 0.695. The number of unbranched alkanes of at least 4 members (excludes halogenated alkanes) is 1. The Hall–Kier alpha value is -0.900. The van der Waals surface area contributed by atoms with Crippen molar-refractivity contribution >= 4 is 11.7 Å². The summed E-state index contributed by atoms with van der Waals surface area (Å²) in [5, 5.41) is 0. The number of Topliss-reactive ketones (excluding diaryl/α,β-unsaturated/α-hetero) is 1. The molecule has 0 aromatic carbocycles. The maximum absolute atomic E-state index is 11.2. The minimum absolute atomic E-state index is 0.247. The molecule has 4 heteroatoms. The van der Waals surface area contributed by atoms with Crippen LogP contribution in [0.1, 0.15) is 39.0 Å². The summed E-state index contributed by atoms with van der Waals surface area (Å²) in [6.45, 7) is 3.28. The second-order valence-electron chi connectivity index (χ2n) is 4.23. The van der Waals surface area contributed by atoms with Gasteiger partial charge in [0.1, 0.15) is 5.78 Å². The number of carbonyl (C=O) groups is 2. The highest BCUT2D eigenvalue weighted by Gasteiger charge is 2.27. The first-order valence-corrected chi connectivity index (χ1v) is 5.67. The van der Waals surface area contributed by atoms with Gasteiger partial charge in [0.25, 0.3) is 0 Å². The van der Waals surface area contributed by atoms with Crippen molar-refractivity contribution in [1.29, 1.82) is 0 Å². The molecule has 0 heterocycles. The molecule has 1 aliphatic carbocycles. The van der Waals surface area contributed by atoms with Crippen molar-refractivity contribution in [3.8, 4) is 0 Å². The Morgan fingerprint density at radius 2 is 2.33 bits per heavy atom. The van der Waals surface area contributed by atoms with Crippen molar-refractivity contribution in [3.63, 3.8) is 0 Å². The zero-order valence-electron chi connectivity index (χ0n) is 9.37. The molecule has 0 aromatic heterocycles. The number of amides is 1. The Bertz CT molecular complexity index is 241. The minimum atomic E-state index is -0.301. The SMILES string of the molecule is CCCCN(CC(N)=O)C1CCC(=O)C1. The molecule has 0 aromatic rings. The lowest BCUT2D eigenvalue weighted by Crippen LogP contribution is -2.40. The van der Waals surface area contributed by atoms with Crippen LogP contribution in [0.25, 0.3) is 0 Å². The lowest BCUT2D eigenvalue weighted by molar-refractivity contribution is -0.121. The smallest absolute Gasteiger partial charge is 0.231 e. The maximum atomic E-state index is 11.2. The number of nitrogens with zero attached hydrogens (tertiary/aromatic N) is 1. The Morgan fingerprint density at radius 1 is 1.60 bits per heavy atom. The summed E-state index contributed by atoms with van der Waals surface area (Å²) >= 11 is 0. The largest absolute Gasteiger partial charge is 0.369 e. The highest BCUT2D eigenvalue weighted by Crippen LogP contribution is 2.20. The second-order valence-corrected chi connectivity index (χ2v) is 4.23. The van der Waals surface area contributed by atoms with Gasteiger partial charge in [0.15, 0.2) is 0 Å². The van der Waals surface area contributed by atoms with Crippen LogP contribution in [0, 0.1) is 0 Å². The van der Waals surface area contributed by atoms with E-state index in [2.05, 4.69) is 11.8 Å². The molecule has 2 N–H and O–H groups in total. The van der Waals surface area contributed by atoms with Crippen LogP contribution in [0.15, 0.2) is 0 Å². The van der Waals surface area contributed by atoms with E-state index in [1.54, 1.807) is 0 Å². The molecule has 1 amide bonds. The van der Waals surface area contributed by atoms with Gasteiger partial charge in [0.05, 0.1) is 6.54 Å². The number of rotatable bonds is 6. The number of hydrogen-bond donors (Lipinski definition) is 1. The molecule has 0 aliphatic heterocycles. The van der Waals surface area contributed by atoms with Gasteiger partial charge in [-0.15, -0.1) is 0 Å². The third-order valence-corrected chi connectivity index (χ3v) is 2.89. The van der Waals surface area contributed by atoms with Gasteiger partial charge in [-0.3, -0.25) is 14.5 Å². The number of primary amides is 1. The number of carbonyl (C=O) groups excluding carboxylic acids is 2. The van der Waals surface area contributed by atoms with Crippen LogP contribution in [0.5, 0.6) is 0 Å². The molecule has 4 nitrogen and oxygen atoms in total. The highest BCUT2D eigenvalue weighted by atomic mass is 16.1. The summed E-state index contributed by atoms with van der Waals surface area (Å²) in [4.78, 5) is 24.1. The fourth-order valence-corrected chi connectivity index (χ4v) is 2.06. The highest BCUT2D eigenvalue weighted by molar-refractivity contribution is 5.81. The minimum Gasteiger partial charge on any atom is -0.369 e. The number of nitrogens with two attached hydrogens (primary N) is 1. The molecule has 1 saturated carbocycles. The second kappa shape index (κ2) is 5.85. The van der Waals surface area contributed by atoms with E-state index in [4.69, 9.17) is 5.73 Å². The van der Waals surface area contributed by atoms with Crippen LogP contribution >= 0.6 is 0 Å². The molecule has 1 rings (SSSR count). The topological polar surface area (TPSA) is 63.4 Å². The molecular weight excluding hydrogens is 192 g/mol. The number of ketones is 1. The fourth-order valence-electron chi connectivity index (χ4n) is 2.06. The molecule has 0 spiro atoms. The summed E-state index contributed by atoms with van der Waals surface area (Å²) in [6, 6.07) is 0.247. The van der Waals surface area contributed by atoms with E-state index in [1.165, 1.54) is 0 Å². The van der Waals surface area contributed by atoms with Crippen LogP contribution in [-0.2, 0) is 9.59 Å². The zero-order chi connectivity index (χ0) is 11.3. The van der Waals surface area contributed by atoms with E-state index >= 15 is 0 Å². The normalized spacial score (nSPS) is 21.2. The average Bonchev–Trinajstić information content (AvgIpc) is 2.58. The van der Waals surface area contributed by atoms with Gasteiger partial charge in [-0.25, -0.2) is 0 Å². The molecule has 0 saturated heterocycles. The standard InChI is InChI=1S/C11H20N2O2/c1-2-3-6-13(8-11(12)15)9-4-5-10(14)7-9/h9H,2-8H2,1H3,(H2,12,15). The van der Waals surface area contributed by atoms with Crippen molar-refractivity contribution in [2.75, 3.05) is 13.1 Å². The van der Waals surface area contributed by atoms with Gasteiger partial charge < -0.3 is 5.73 Å². The molecule has 0 bridgehead atoms. The van der Waals surface area contributed by atoms with Gasteiger partial charge in [-0.2, -0.15) is 0 Å². The summed E-state index contributed by atoms with van der Waals surface area (Å²) in [6.07, 6.45) is 4.28. The Morgan fingerprint density at radius 3 is 2.80 bits per heavy atom. The summed E-state index contributed by atoms with van der Waals surface area (Å²) in [7, 11) is 0. The average molecular weight is 212 g/mol. The third-order valence-electron chi connectivity index (χ3n) is 2.89. The van der Waals surface area contributed by atoms with E-state index in [0.29, 0.717) is 18.6 Å². The Kier molecular flexibility index (Phi) is 4.75. The van der Waals surface area contributed by atoms with Crippen molar-refractivity contribution in [2.45, 2.75) is 45.1 Å². The van der Waals surface area contributed by atoms with E-state index in [-0.39, 0.29) is 18.5 Å². The quantitative estimate of drug-likeness (QED) is 0.704. The van der Waals surface area contributed by atoms with Crippen LogP contribution in [0.2, 0.25) is 0 Å². The van der Waals surface area contributed by atoms with Gasteiger partial charge in [0, 0.05) is 18.9 Å². The lowest BCUT2D eigenvalue weighted by atomic mass is 10.2. The van der Waals surface area contributed by atoms with Crippen LogP contribution < -0.4 is 5.73 Å². The van der Waals surface area contributed by atoms with Gasteiger partial charge >= 0.3 is 0 Å². The van der Waals surface area contributed by atoms with Gasteiger partial charge in [-0.05, 0) is 19.4 Å². The number of hydrogen-bond acceptors (Lipinski definition) is 3. The van der Waals surface area contributed by atoms with Crippen molar-refractivity contribution in [2.24, 2.45) is 5.73 Å². The summed E-state index contributed by atoms with van der Waals surface area (Å²) in [5.41, 5.74) is 5.20. The first-order valence-electron chi connectivity index (χ1n) is 5.67. The molecule has 15 heavy (non-hydrogen) atoms. The van der Waals surface area contributed by atoms with Crippen LogP contribution in [-0.4, -0.2) is 35.7 Å². The third kappa shape index (κ3) is 4.00. The first kappa shape index (κ1) is 12.2. The fraction of sp³-hybridized carbons (Fsp3) is 0.818. The van der Waals surface area contributed by atoms with Gasteiger partial charge in [-0.1, -0.05) is 13.3 Å². The Labute approximate surface area is 90.8 Å². The van der Waals surface area contributed by atoms with Crippen molar-refractivity contribution < 1.29 is 9.59 Å². The van der Waals surface area contributed by atoms with E-state index in [0.717, 1.165) is 25.8 Å². The van der Waals surface area contributed by atoms with Crippen LogP contribution in [0.4, 0.5) is 0 Å². The molecule has 86 valence electrons. The Balaban J connectivity index is 2.46. The molecule has 0 radical (unpaired) electrons. The van der Waals surface area contributed by atoms with E-state index in [9.17, 15) is 9.59 Å². The van der Waals surface area contributed by atoms with Gasteiger partial charge in [0.2, 0.25) is 5.91 Å². The monoisotopic (exact) mass is 212 g/mol. The zero-order valence-corrected chi connectivity index (χ0v) is 9.37. The summed E-state index contributed by atoms with van der Waals surface area (Å²) < 4.78 is 0. The van der Waals surface area contributed by atoms with Crippen LogP contribution in [0.3, 0.4) is 0 Å². The molecule has 1 aliphatic rings. The first-order chi connectivity index (χ1) is 7.13. The lowest BCUT2D eigenvalue weighted by Gasteiger charge is -2.26. The molecule has 1 unspecified atom stereocenters. The van der Waals surface area contributed by atoms with E-state index < -0.39 is 0 Å². The molecule has 1 fully saturated rings.